The summed E-state index contributed by atoms with van der Waals surface area (Å²) in [6.45, 7) is 6.54. The molecule has 0 amide bonds. The smallest absolute Gasteiger partial charge is 0.323 e. The van der Waals surface area contributed by atoms with Crippen LogP contribution >= 0.6 is 0 Å². The fourth-order valence-electron chi connectivity index (χ4n) is 2.61. The number of carboxylic acid groups (broad SMARTS) is 1. The van der Waals surface area contributed by atoms with E-state index in [4.69, 9.17) is 4.74 Å². The fourth-order valence-corrected chi connectivity index (χ4v) is 2.61. The molecule has 0 radical (unpaired) electrons. The van der Waals surface area contributed by atoms with Crippen LogP contribution in [0.15, 0.2) is 0 Å². The predicted octanol–water partition coefficient (Wildman–Crippen LogP) is 1.84. The van der Waals surface area contributed by atoms with Gasteiger partial charge in [-0.25, -0.2) is 0 Å². The van der Waals surface area contributed by atoms with Gasteiger partial charge in [0.05, 0.1) is 6.61 Å². The molecule has 1 N–H and O–H groups in total. The topological polar surface area (TPSA) is 49.8 Å². The summed E-state index contributed by atoms with van der Waals surface area (Å²) in [5.74, 6) is 0.660. The van der Waals surface area contributed by atoms with E-state index in [9.17, 15) is 9.90 Å². The summed E-state index contributed by atoms with van der Waals surface area (Å²) >= 11 is 0. The molecule has 0 spiro atoms. The van der Waals surface area contributed by atoms with Gasteiger partial charge in [-0.1, -0.05) is 13.8 Å². The Labute approximate surface area is 104 Å². The van der Waals surface area contributed by atoms with Crippen molar-refractivity contribution in [2.24, 2.45) is 11.8 Å². The summed E-state index contributed by atoms with van der Waals surface area (Å²) < 4.78 is 5.01. The standard InChI is InChI=1S/C13H25NO3/c1-10(2)11-5-4-7-14(8-6-11)12(9-17-3)13(15)16/h10-12H,4-9H2,1-3H3,(H,15,16). The van der Waals surface area contributed by atoms with Crippen molar-refractivity contribution < 1.29 is 14.6 Å². The quantitative estimate of drug-likeness (QED) is 0.800. The minimum Gasteiger partial charge on any atom is -0.480 e. The molecular formula is C13H25NO3. The van der Waals surface area contributed by atoms with Gasteiger partial charge in [0.25, 0.3) is 0 Å². The van der Waals surface area contributed by atoms with Crippen molar-refractivity contribution in [2.75, 3.05) is 26.8 Å². The SMILES string of the molecule is COCC(C(=O)O)N1CCCC(C(C)C)CC1. The third-order valence-corrected chi connectivity index (χ3v) is 3.80. The predicted molar refractivity (Wildman–Crippen MR) is 67.1 cm³/mol. The van der Waals surface area contributed by atoms with E-state index in [-0.39, 0.29) is 6.61 Å². The molecule has 0 aliphatic carbocycles. The van der Waals surface area contributed by atoms with Crippen molar-refractivity contribution in [2.45, 2.75) is 39.2 Å². The Morgan fingerprint density at radius 2 is 2.12 bits per heavy atom. The number of nitrogens with zero attached hydrogens (tertiary/aromatic N) is 1. The van der Waals surface area contributed by atoms with Crippen LogP contribution in [0.3, 0.4) is 0 Å². The van der Waals surface area contributed by atoms with Crippen molar-refractivity contribution in [3.63, 3.8) is 0 Å². The second kappa shape index (κ2) is 6.97. The van der Waals surface area contributed by atoms with Crippen LogP contribution in [0.5, 0.6) is 0 Å². The molecule has 0 aromatic carbocycles. The Balaban J connectivity index is 2.56. The summed E-state index contributed by atoms with van der Waals surface area (Å²) in [6.07, 6.45) is 3.41. The molecule has 0 aromatic rings. The maximum Gasteiger partial charge on any atom is 0.323 e. The molecule has 2 atom stereocenters. The lowest BCUT2D eigenvalue weighted by Gasteiger charge is -2.27. The van der Waals surface area contributed by atoms with Gasteiger partial charge < -0.3 is 9.84 Å². The zero-order valence-electron chi connectivity index (χ0n) is 11.2. The molecule has 1 aliphatic heterocycles. The van der Waals surface area contributed by atoms with Crippen LogP contribution in [0.1, 0.15) is 33.1 Å². The Kier molecular flexibility index (Phi) is 5.92. The Morgan fingerprint density at radius 1 is 1.41 bits per heavy atom. The van der Waals surface area contributed by atoms with Crippen LogP contribution < -0.4 is 0 Å². The van der Waals surface area contributed by atoms with Gasteiger partial charge in [0, 0.05) is 7.11 Å². The number of ether oxygens (including phenoxy) is 1. The second-order valence-electron chi connectivity index (χ2n) is 5.28. The number of hydrogen-bond donors (Lipinski definition) is 1. The molecule has 1 saturated heterocycles. The lowest BCUT2D eigenvalue weighted by molar-refractivity contribution is -0.145. The molecule has 1 heterocycles. The van der Waals surface area contributed by atoms with E-state index in [1.807, 2.05) is 0 Å². The average Bonchev–Trinajstić information content (AvgIpc) is 2.50. The van der Waals surface area contributed by atoms with E-state index >= 15 is 0 Å². The first kappa shape index (κ1) is 14.5. The molecule has 2 unspecified atom stereocenters. The van der Waals surface area contributed by atoms with E-state index in [0.717, 1.165) is 31.8 Å². The minimum atomic E-state index is -0.769. The van der Waals surface area contributed by atoms with Gasteiger partial charge >= 0.3 is 5.97 Å². The number of aliphatic carboxylic acids is 1. The fraction of sp³-hybridized carbons (Fsp3) is 0.923. The van der Waals surface area contributed by atoms with Crippen LogP contribution in [-0.4, -0.2) is 48.8 Å². The normalized spacial score (nSPS) is 24.6. The molecule has 1 aliphatic rings. The van der Waals surface area contributed by atoms with Crippen LogP contribution in [0, 0.1) is 11.8 Å². The first-order chi connectivity index (χ1) is 8.06. The van der Waals surface area contributed by atoms with Crippen molar-refractivity contribution in [1.29, 1.82) is 0 Å². The molecule has 0 bridgehead atoms. The van der Waals surface area contributed by atoms with Crippen molar-refractivity contribution >= 4 is 5.97 Å². The number of carboxylic acids is 1. The van der Waals surface area contributed by atoms with Crippen molar-refractivity contribution in [3.8, 4) is 0 Å². The Morgan fingerprint density at radius 3 is 2.65 bits per heavy atom. The Hall–Kier alpha value is -0.610. The average molecular weight is 243 g/mol. The van der Waals surface area contributed by atoms with Gasteiger partial charge in [-0.2, -0.15) is 0 Å². The first-order valence-electron chi connectivity index (χ1n) is 6.52. The van der Waals surface area contributed by atoms with E-state index < -0.39 is 12.0 Å². The molecule has 100 valence electrons. The highest BCUT2D eigenvalue weighted by Crippen LogP contribution is 2.25. The van der Waals surface area contributed by atoms with Gasteiger partial charge in [0.1, 0.15) is 6.04 Å². The first-order valence-corrected chi connectivity index (χ1v) is 6.52. The maximum absolute atomic E-state index is 11.2. The van der Waals surface area contributed by atoms with E-state index in [1.54, 1.807) is 7.11 Å². The van der Waals surface area contributed by atoms with E-state index in [2.05, 4.69) is 18.7 Å². The molecule has 0 saturated carbocycles. The van der Waals surface area contributed by atoms with E-state index in [0.29, 0.717) is 5.92 Å². The highest BCUT2D eigenvalue weighted by atomic mass is 16.5. The molecular weight excluding hydrogens is 218 g/mol. The summed E-state index contributed by atoms with van der Waals surface area (Å²) in [4.78, 5) is 13.3. The molecule has 0 aromatic heterocycles. The summed E-state index contributed by atoms with van der Waals surface area (Å²) in [5.41, 5.74) is 0. The number of likely N-dealkylation sites (tertiary alicyclic amines) is 1. The lowest BCUT2D eigenvalue weighted by atomic mass is 9.89. The lowest BCUT2D eigenvalue weighted by Crippen LogP contribution is -2.44. The zero-order valence-corrected chi connectivity index (χ0v) is 11.2. The number of rotatable bonds is 5. The van der Waals surface area contributed by atoms with Gasteiger partial charge in [-0.3, -0.25) is 9.69 Å². The van der Waals surface area contributed by atoms with Crippen LogP contribution in [-0.2, 0) is 9.53 Å². The molecule has 4 nitrogen and oxygen atoms in total. The van der Waals surface area contributed by atoms with Crippen LogP contribution in [0.25, 0.3) is 0 Å². The monoisotopic (exact) mass is 243 g/mol. The molecule has 1 fully saturated rings. The van der Waals surface area contributed by atoms with Crippen molar-refractivity contribution in [1.82, 2.24) is 4.90 Å². The van der Waals surface area contributed by atoms with Crippen molar-refractivity contribution in [3.05, 3.63) is 0 Å². The number of carbonyl (C=O) groups is 1. The third kappa shape index (κ3) is 4.28. The molecule has 4 heteroatoms. The van der Waals surface area contributed by atoms with Crippen LogP contribution in [0.4, 0.5) is 0 Å². The third-order valence-electron chi connectivity index (χ3n) is 3.80. The molecule has 1 rings (SSSR count). The Bertz CT molecular complexity index is 243. The number of methoxy groups -OCH3 is 1. The largest absolute Gasteiger partial charge is 0.480 e. The zero-order chi connectivity index (χ0) is 12.8. The summed E-state index contributed by atoms with van der Waals surface area (Å²) in [5, 5.41) is 9.20. The second-order valence-corrected chi connectivity index (χ2v) is 5.28. The van der Waals surface area contributed by atoms with Gasteiger partial charge in [0.2, 0.25) is 0 Å². The van der Waals surface area contributed by atoms with Gasteiger partial charge in [0.15, 0.2) is 0 Å². The van der Waals surface area contributed by atoms with E-state index in [1.165, 1.54) is 6.42 Å². The minimum absolute atomic E-state index is 0.279. The van der Waals surface area contributed by atoms with Gasteiger partial charge in [-0.15, -0.1) is 0 Å². The molecule has 17 heavy (non-hydrogen) atoms. The highest BCUT2D eigenvalue weighted by molar-refractivity contribution is 5.73. The van der Waals surface area contributed by atoms with Gasteiger partial charge in [-0.05, 0) is 44.2 Å². The highest BCUT2D eigenvalue weighted by Gasteiger charge is 2.28. The summed E-state index contributed by atoms with van der Waals surface area (Å²) in [6, 6.07) is -0.481. The summed E-state index contributed by atoms with van der Waals surface area (Å²) in [7, 11) is 1.56. The van der Waals surface area contributed by atoms with Crippen LogP contribution in [0.2, 0.25) is 0 Å². The number of hydrogen-bond acceptors (Lipinski definition) is 3. The maximum atomic E-state index is 11.2.